The molecule has 7 N–H and O–H groups in total. The van der Waals surface area contributed by atoms with Gasteiger partial charge in [0.15, 0.2) is 5.82 Å². The lowest BCUT2D eigenvalue weighted by Crippen LogP contribution is -2.48. The Balaban J connectivity index is 1.14. The van der Waals surface area contributed by atoms with Gasteiger partial charge in [-0.15, -0.1) is 0 Å². The highest BCUT2D eigenvalue weighted by Crippen LogP contribution is 2.29. The van der Waals surface area contributed by atoms with Gasteiger partial charge in [0.05, 0.1) is 0 Å². The standard InChI is InChI=1S/C39H48N8O3/c1-24-21-31(38(49)43-33-17-19-41-20-18-33)13-16-34(24)28-7-3-26(4-8-28)22-35(45-37(48)30-9-5-27(23-40)6-10-30)39(50)44-32-14-11-29(12-15-32)36-42-25(2)46-47-36/h3-4,7-8,11-16,21,27,30,33,35,41H,5-6,9-10,17-20,22-23,40H2,1-2H3,(H,43,49)(H,44,50)(H,45,48)(H,42,46,47)/t27?,30?,35-/m0/s1. The van der Waals surface area contributed by atoms with Gasteiger partial charge in [-0.1, -0.05) is 30.3 Å². The van der Waals surface area contributed by atoms with E-state index in [-0.39, 0.29) is 29.7 Å². The number of carbonyl (C=O) groups excluding carboxylic acids is 3. The number of rotatable bonds is 11. The number of hydrogen-bond donors (Lipinski definition) is 6. The second-order valence-electron chi connectivity index (χ2n) is 13.8. The fourth-order valence-corrected chi connectivity index (χ4v) is 6.98. The van der Waals surface area contributed by atoms with Crippen LogP contribution in [-0.2, 0) is 16.0 Å². The molecule has 0 bridgehead atoms. The maximum absolute atomic E-state index is 13.7. The summed E-state index contributed by atoms with van der Waals surface area (Å²) in [5, 5.41) is 19.6. The van der Waals surface area contributed by atoms with Crippen LogP contribution in [0.5, 0.6) is 0 Å². The van der Waals surface area contributed by atoms with Crippen molar-refractivity contribution in [3.05, 3.63) is 89.2 Å². The summed E-state index contributed by atoms with van der Waals surface area (Å²) in [7, 11) is 0. The molecule has 11 heteroatoms. The van der Waals surface area contributed by atoms with Crippen molar-refractivity contribution in [1.82, 2.24) is 31.1 Å². The second kappa shape index (κ2) is 16.2. The van der Waals surface area contributed by atoms with Crippen LogP contribution >= 0.6 is 0 Å². The highest BCUT2D eigenvalue weighted by Gasteiger charge is 2.29. The number of piperidine rings is 1. The van der Waals surface area contributed by atoms with Crippen molar-refractivity contribution < 1.29 is 14.4 Å². The van der Waals surface area contributed by atoms with E-state index in [0.717, 1.165) is 85.3 Å². The second-order valence-corrected chi connectivity index (χ2v) is 13.8. The molecule has 3 amide bonds. The van der Waals surface area contributed by atoms with Crippen LogP contribution < -0.4 is 27.0 Å². The summed E-state index contributed by atoms with van der Waals surface area (Å²) in [4.78, 5) is 44.5. The van der Waals surface area contributed by atoms with Crippen molar-refractivity contribution in [3.63, 3.8) is 0 Å². The van der Waals surface area contributed by atoms with Gasteiger partial charge in [0.1, 0.15) is 11.9 Å². The molecule has 1 aliphatic heterocycles. The number of aryl methyl sites for hydroxylation is 2. The molecular weight excluding hydrogens is 628 g/mol. The Morgan fingerprint density at radius 1 is 0.880 bits per heavy atom. The fraction of sp³-hybridized carbons (Fsp3) is 0.410. The summed E-state index contributed by atoms with van der Waals surface area (Å²) in [5.74, 6) is 1.22. The van der Waals surface area contributed by atoms with E-state index >= 15 is 0 Å². The number of nitrogens with one attached hydrogen (secondary N) is 5. The van der Waals surface area contributed by atoms with Crippen LogP contribution in [0.25, 0.3) is 22.5 Å². The van der Waals surface area contributed by atoms with E-state index < -0.39 is 6.04 Å². The van der Waals surface area contributed by atoms with Crippen LogP contribution in [0.1, 0.15) is 65.8 Å². The number of aromatic amines is 1. The van der Waals surface area contributed by atoms with E-state index in [4.69, 9.17) is 5.73 Å². The molecule has 2 heterocycles. The van der Waals surface area contributed by atoms with Crippen molar-refractivity contribution in [2.75, 3.05) is 25.0 Å². The Morgan fingerprint density at radius 2 is 1.58 bits per heavy atom. The molecule has 11 nitrogen and oxygen atoms in total. The van der Waals surface area contributed by atoms with E-state index in [0.29, 0.717) is 36.0 Å². The third-order valence-electron chi connectivity index (χ3n) is 10.1. The minimum atomic E-state index is -0.768. The molecule has 50 heavy (non-hydrogen) atoms. The van der Waals surface area contributed by atoms with Crippen LogP contribution in [0.3, 0.4) is 0 Å². The van der Waals surface area contributed by atoms with Crippen molar-refractivity contribution in [3.8, 4) is 22.5 Å². The highest BCUT2D eigenvalue weighted by atomic mass is 16.2. The van der Waals surface area contributed by atoms with Gasteiger partial charge >= 0.3 is 0 Å². The van der Waals surface area contributed by atoms with Gasteiger partial charge in [0.2, 0.25) is 11.8 Å². The summed E-state index contributed by atoms with van der Waals surface area (Å²) in [6.07, 6.45) is 5.61. The molecule has 1 aliphatic carbocycles. The largest absolute Gasteiger partial charge is 0.349 e. The number of carbonyl (C=O) groups is 3. The predicted octanol–water partition coefficient (Wildman–Crippen LogP) is 4.67. The molecule has 6 rings (SSSR count). The van der Waals surface area contributed by atoms with Crippen LogP contribution in [0.2, 0.25) is 0 Å². The number of aromatic nitrogens is 3. The van der Waals surface area contributed by atoms with E-state index in [1.807, 2.05) is 80.6 Å². The van der Waals surface area contributed by atoms with Crippen molar-refractivity contribution in [1.29, 1.82) is 0 Å². The first-order valence-electron chi connectivity index (χ1n) is 17.8. The molecule has 1 saturated heterocycles. The quantitative estimate of drug-likeness (QED) is 0.134. The number of nitrogens with zero attached hydrogens (tertiary/aromatic N) is 2. The van der Waals surface area contributed by atoms with E-state index in [9.17, 15) is 14.4 Å². The minimum Gasteiger partial charge on any atom is -0.349 e. The first kappa shape index (κ1) is 35.0. The lowest BCUT2D eigenvalue weighted by molar-refractivity contribution is -0.130. The zero-order valence-electron chi connectivity index (χ0n) is 28.9. The summed E-state index contributed by atoms with van der Waals surface area (Å²) in [6.45, 7) is 6.34. The zero-order valence-corrected chi connectivity index (χ0v) is 28.9. The Morgan fingerprint density at radius 3 is 2.22 bits per heavy atom. The Bertz CT molecular complexity index is 1770. The molecule has 0 spiro atoms. The summed E-state index contributed by atoms with van der Waals surface area (Å²) in [5.41, 5.74) is 12.0. The number of amides is 3. The molecule has 0 radical (unpaired) electrons. The highest BCUT2D eigenvalue weighted by molar-refractivity contribution is 5.98. The van der Waals surface area contributed by atoms with Crippen LogP contribution in [-0.4, -0.2) is 64.6 Å². The fourth-order valence-electron chi connectivity index (χ4n) is 6.98. The maximum Gasteiger partial charge on any atom is 0.251 e. The monoisotopic (exact) mass is 676 g/mol. The summed E-state index contributed by atoms with van der Waals surface area (Å²) in [6, 6.07) is 20.6. The Kier molecular flexibility index (Phi) is 11.3. The molecule has 2 aliphatic rings. The lowest BCUT2D eigenvalue weighted by atomic mass is 9.81. The van der Waals surface area contributed by atoms with Gasteiger partial charge in [-0.2, -0.15) is 5.10 Å². The average Bonchev–Trinajstić information content (AvgIpc) is 3.58. The predicted molar refractivity (Wildman–Crippen MR) is 195 cm³/mol. The molecule has 262 valence electrons. The van der Waals surface area contributed by atoms with E-state index in [1.165, 1.54) is 0 Å². The summed E-state index contributed by atoms with van der Waals surface area (Å²) >= 11 is 0. The van der Waals surface area contributed by atoms with Crippen LogP contribution in [0.4, 0.5) is 5.69 Å². The molecule has 0 unspecified atom stereocenters. The Labute approximate surface area is 293 Å². The lowest BCUT2D eigenvalue weighted by Gasteiger charge is -2.28. The number of H-pyrrole nitrogens is 1. The molecule has 3 aromatic carbocycles. The van der Waals surface area contributed by atoms with E-state index in [1.54, 1.807) is 0 Å². The maximum atomic E-state index is 13.7. The minimum absolute atomic E-state index is 0.0404. The molecule has 1 atom stereocenters. The molecule has 4 aromatic rings. The number of anilines is 1. The first-order chi connectivity index (χ1) is 24.2. The number of benzene rings is 3. The first-order valence-corrected chi connectivity index (χ1v) is 17.8. The SMILES string of the molecule is Cc1nc(-c2ccc(NC(=O)[C@H](Cc3ccc(-c4ccc(C(=O)NC5CCNCC5)cc4C)cc3)NC(=O)C3CCC(CN)CC3)cc2)n[nH]1. The van der Waals surface area contributed by atoms with Crippen molar-refractivity contribution >= 4 is 23.4 Å². The van der Waals surface area contributed by atoms with Crippen molar-refractivity contribution in [2.24, 2.45) is 17.6 Å². The van der Waals surface area contributed by atoms with Gasteiger partial charge in [0.25, 0.3) is 5.91 Å². The molecule has 1 saturated carbocycles. The number of hydrogen-bond acceptors (Lipinski definition) is 7. The molecule has 2 fully saturated rings. The topological polar surface area (TPSA) is 167 Å². The third-order valence-corrected chi connectivity index (χ3v) is 10.1. The Hall–Kier alpha value is -4.87. The summed E-state index contributed by atoms with van der Waals surface area (Å²) < 4.78 is 0. The smallest absolute Gasteiger partial charge is 0.251 e. The van der Waals surface area contributed by atoms with Crippen LogP contribution in [0, 0.1) is 25.7 Å². The average molecular weight is 677 g/mol. The third kappa shape index (κ3) is 8.83. The normalized spacial score (nSPS) is 18.6. The van der Waals surface area contributed by atoms with Crippen molar-refractivity contribution in [2.45, 2.75) is 70.9 Å². The molecular formula is C39H48N8O3. The van der Waals surface area contributed by atoms with Gasteiger partial charge in [-0.3, -0.25) is 19.5 Å². The van der Waals surface area contributed by atoms with Gasteiger partial charge in [0, 0.05) is 35.2 Å². The van der Waals surface area contributed by atoms with Crippen LogP contribution in [0.15, 0.2) is 66.7 Å². The van der Waals surface area contributed by atoms with E-state index in [2.05, 4.69) is 36.4 Å². The number of nitrogens with two attached hydrogens (primary N) is 1. The van der Waals surface area contributed by atoms with Gasteiger partial charge in [-0.05, 0) is 137 Å². The van der Waals surface area contributed by atoms with Gasteiger partial charge < -0.3 is 27.0 Å². The van der Waals surface area contributed by atoms with Gasteiger partial charge in [-0.25, -0.2) is 4.98 Å². The molecule has 1 aromatic heterocycles. The zero-order chi connectivity index (χ0) is 35.0.